The van der Waals surface area contributed by atoms with Crippen LogP contribution < -0.4 is 11.1 Å². The van der Waals surface area contributed by atoms with E-state index in [0.717, 1.165) is 24.8 Å². The number of carbonyl (C=O) groups excluding carboxylic acids is 1. The van der Waals surface area contributed by atoms with Gasteiger partial charge in [0, 0.05) is 6.42 Å². The Kier molecular flexibility index (Phi) is 6.01. The van der Waals surface area contributed by atoms with Crippen molar-refractivity contribution in [1.29, 1.82) is 0 Å². The highest BCUT2D eigenvalue weighted by molar-refractivity contribution is 6.33. The third-order valence-electron chi connectivity index (χ3n) is 2.51. The average Bonchev–Trinajstić information content (AvgIpc) is 2.28. The zero-order chi connectivity index (χ0) is 12.7. The summed E-state index contributed by atoms with van der Waals surface area (Å²) in [6.45, 7) is 2.65. The number of nitrogens with two attached hydrogens (primary N) is 1. The summed E-state index contributed by atoms with van der Waals surface area (Å²) in [5.41, 5.74) is 7.15. The Labute approximate surface area is 107 Å². The number of benzene rings is 1. The summed E-state index contributed by atoms with van der Waals surface area (Å²) in [4.78, 5) is 11.6. The molecule has 0 bridgehead atoms. The van der Waals surface area contributed by atoms with Crippen LogP contribution in [-0.4, -0.2) is 12.5 Å². The quantitative estimate of drug-likeness (QED) is 0.767. The van der Waals surface area contributed by atoms with E-state index in [0.29, 0.717) is 23.7 Å². The van der Waals surface area contributed by atoms with Crippen LogP contribution in [0.4, 0.5) is 5.69 Å². The van der Waals surface area contributed by atoms with Crippen LogP contribution in [0.1, 0.15) is 31.2 Å². The Hall–Kier alpha value is -1.06. The first-order valence-corrected chi connectivity index (χ1v) is 6.27. The van der Waals surface area contributed by atoms with Crippen molar-refractivity contribution in [3.63, 3.8) is 0 Å². The van der Waals surface area contributed by atoms with Crippen molar-refractivity contribution in [2.24, 2.45) is 5.73 Å². The summed E-state index contributed by atoms with van der Waals surface area (Å²) in [5.74, 6) is 0.00720. The van der Waals surface area contributed by atoms with Gasteiger partial charge in [0.1, 0.15) is 0 Å². The topological polar surface area (TPSA) is 55.1 Å². The number of halogens is 1. The Morgan fingerprint density at radius 3 is 2.76 bits per heavy atom. The number of nitrogens with one attached hydrogen (secondary N) is 1. The van der Waals surface area contributed by atoms with Gasteiger partial charge in [0.05, 0.1) is 10.7 Å². The molecule has 0 radical (unpaired) electrons. The Bertz CT molecular complexity index is 380. The van der Waals surface area contributed by atoms with Gasteiger partial charge in [-0.25, -0.2) is 0 Å². The maximum atomic E-state index is 11.6. The fourth-order valence-electron chi connectivity index (χ4n) is 1.54. The maximum absolute atomic E-state index is 11.6. The molecule has 0 fully saturated rings. The van der Waals surface area contributed by atoms with Gasteiger partial charge in [0.25, 0.3) is 0 Å². The maximum Gasteiger partial charge on any atom is 0.224 e. The Morgan fingerprint density at radius 2 is 2.12 bits per heavy atom. The van der Waals surface area contributed by atoms with E-state index in [2.05, 4.69) is 5.32 Å². The lowest BCUT2D eigenvalue weighted by Gasteiger charge is -2.07. The molecule has 0 aliphatic carbocycles. The van der Waals surface area contributed by atoms with Crippen LogP contribution in [0.3, 0.4) is 0 Å². The minimum absolute atomic E-state index is 0.00720. The van der Waals surface area contributed by atoms with Gasteiger partial charge < -0.3 is 11.1 Å². The third kappa shape index (κ3) is 5.20. The smallest absolute Gasteiger partial charge is 0.224 e. The molecule has 0 aliphatic heterocycles. The second kappa shape index (κ2) is 7.30. The molecule has 1 aromatic carbocycles. The van der Waals surface area contributed by atoms with Crippen LogP contribution in [-0.2, 0) is 4.79 Å². The van der Waals surface area contributed by atoms with Crippen molar-refractivity contribution in [2.75, 3.05) is 11.9 Å². The third-order valence-corrected chi connectivity index (χ3v) is 2.82. The number of amides is 1. The van der Waals surface area contributed by atoms with Crippen LogP contribution in [0.2, 0.25) is 5.02 Å². The minimum atomic E-state index is 0.00720. The first-order valence-electron chi connectivity index (χ1n) is 5.89. The van der Waals surface area contributed by atoms with E-state index < -0.39 is 0 Å². The van der Waals surface area contributed by atoms with Gasteiger partial charge >= 0.3 is 0 Å². The van der Waals surface area contributed by atoms with E-state index in [1.165, 1.54) is 0 Å². The molecule has 1 rings (SSSR count). The molecule has 0 unspecified atom stereocenters. The van der Waals surface area contributed by atoms with Gasteiger partial charge in [-0.15, -0.1) is 0 Å². The van der Waals surface area contributed by atoms with E-state index in [1.54, 1.807) is 0 Å². The van der Waals surface area contributed by atoms with Crippen LogP contribution in [0.25, 0.3) is 0 Å². The summed E-state index contributed by atoms with van der Waals surface area (Å²) in [6, 6.07) is 5.59. The Morgan fingerprint density at radius 1 is 1.35 bits per heavy atom. The summed E-state index contributed by atoms with van der Waals surface area (Å²) < 4.78 is 0. The first kappa shape index (κ1) is 14.0. The van der Waals surface area contributed by atoms with Crippen molar-refractivity contribution in [3.05, 3.63) is 28.8 Å². The van der Waals surface area contributed by atoms with Crippen molar-refractivity contribution >= 4 is 23.2 Å². The highest BCUT2D eigenvalue weighted by Gasteiger charge is 2.05. The number of hydrogen-bond acceptors (Lipinski definition) is 2. The molecule has 0 heterocycles. The van der Waals surface area contributed by atoms with E-state index >= 15 is 0 Å². The minimum Gasteiger partial charge on any atom is -0.330 e. The Balaban J connectivity index is 2.40. The van der Waals surface area contributed by atoms with Gasteiger partial charge in [0.2, 0.25) is 5.91 Å². The van der Waals surface area contributed by atoms with E-state index in [4.69, 9.17) is 17.3 Å². The molecular formula is C13H19ClN2O. The summed E-state index contributed by atoms with van der Waals surface area (Å²) >= 11 is 6.03. The molecule has 1 aromatic rings. The van der Waals surface area contributed by atoms with E-state index in [1.807, 2.05) is 25.1 Å². The number of carbonyl (C=O) groups is 1. The predicted octanol–water partition coefficient (Wildman–Crippen LogP) is 3.11. The normalized spacial score (nSPS) is 10.3. The molecular weight excluding hydrogens is 236 g/mol. The van der Waals surface area contributed by atoms with Crippen molar-refractivity contribution in [1.82, 2.24) is 0 Å². The number of unbranched alkanes of at least 4 members (excludes halogenated alkanes) is 2. The number of hydrogen-bond donors (Lipinski definition) is 2. The zero-order valence-electron chi connectivity index (χ0n) is 10.1. The summed E-state index contributed by atoms with van der Waals surface area (Å²) in [7, 11) is 0. The number of aryl methyl sites for hydroxylation is 1. The zero-order valence-corrected chi connectivity index (χ0v) is 10.9. The van der Waals surface area contributed by atoms with Crippen molar-refractivity contribution < 1.29 is 4.79 Å². The lowest BCUT2D eigenvalue weighted by atomic mass is 10.2. The molecule has 0 spiro atoms. The molecule has 17 heavy (non-hydrogen) atoms. The molecule has 94 valence electrons. The second-order valence-electron chi connectivity index (χ2n) is 4.13. The molecule has 3 N–H and O–H groups in total. The fraction of sp³-hybridized carbons (Fsp3) is 0.462. The van der Waals surface area contributed by atoms with Gasteiger partial charge in [-0.1, -0.05) is 24.1 Å². The van der Waals surface area contributed by atoms with E-state index in [9.17, 15) is 4.79 Å². The first-order chi connectivity index (χ1) is 8.13. The molecule has 0 aliphatic rings. The molecule has 0 saturated heterocycles. The molecule has 4 heteroatoms. The molecule has 3 nitrogen and oxygen atoms in total. The lowest BCUT2D eigenvalue weighted by molar-refractivity contribution is -0.116. The monoisotopic (exact) mass is 254 g/mol. The SMILES string of the molecule is Cc1ccc(NC(=O)CCCCCN)c(Cl)c1. The number of rotatable bonds is 6. The largest absolute Gasteiger partial charge is 0.330 e. The molecule has 0 saturated carbocycles. The molecule has 0 atom stereocenters. The molecule has 0 aromatic heterocycles. The second-order valence-corrected chi connectivity index (χ2v) is 4.54. The van der Waals surface area contributed by atoms with E-state index in [-0.39, 0.29) is 5.91 Å². The lowest BCUT2D eigenvalue weighted by Crippen LogP contribution is -2.11. The van der Waals surface area contributed by atoms with Gasteiger partial charge in [0.15, 0.2) is 0 Å². The predicted molar refractivity (Wildman–Crippen MR) is 72.3 cm³/mol. The van der Waals surface area contributed by atoms with Gasteiger partial charge in [-0.2, -0.15) is 0 Å². The van der Waals surface area contributed by atoms with Gasteiger partial charge in [-0.05, 0) is 44.0 Å². The van der Waals surface area contributed by atoms with Crippen molar-refractivity contribution in [2.45, 2.75) is 32.6 Å². The van der Waals surface area contributed by atoms with Gasteiger partial charge in [-0.3, -0.25) is 4.79 Å². The molecule has 1 amide bonds. The highest BCUT2D eigenvalue weighted by atomic mass is 35.5. The fourth-order valence-corrected chi connectivity index (χ4v) is 1.82. The summed E-state index contributed by atoms with van der Waals surface area (Å²) in [5, 5.41) is 3.40. The van der Waals surface area contributed by atoms with Crippen LogP contribution in [0.5, 0.6) is 0 Å². The van der Waals surface area contributed by atoms with Crippen LogP contribution in [0.15, 0.2) is 18.2 Å². The summed E-state index contributed by atoms with van der Waals surface area (Å²) in [6.07, 6.45) is 3.35. The van der Waals surface area contributed by atoms with Crippen LogP contribution >= 0.6 is 11.6 Å². The highest BCUT2D eigenvalue weighted by Crippen LogP contribution is 2.22. The average molecular weight is 255 g/mol. The number of anilines is 1. The van der Waals surface area contributed by atoms with Crippen molar-refractivity contribution in [3.8, 4) is 0 Å². The standard InChI is InChI=1S/C13H19ClN2O/c1-10-6-7-12(11(14)9-10)16-13(17)5-3-2-4-8-15/h6-7,9H,2-5,8,15H2,1H3,(H,16,17). The van der Waals surface area contributed by atoms with Crippen LogP contribution in [0, 0.1) is 6.92 Å².